The van der Waals surface area contributed by atoms with Crippen LogP contribution in [0.15, 0.2) is 16.9 Å². The zero-order chi connectivity index (χ0) is 12.9. The van der Waals surface area contributed by atoms with Gasteiger partial charge in [0, 0.05) is 5.56 Å². The number of aliphatic hydroxyl groups is 1. The highest BCUT2D eigenvalue weighted by molar-refractivity contribution is 7.21. The van der Waals surface area contributed by atoms with Crippen LogP contribution in [-0.4, -0.2) is 10.1 Å². The molecule has 0 bridgehead atoms. The molecule has 2 heterocycles. The van der Waals surface area contributed by atoms with E-state index in [4.69, 9.17) is 23.2 Å². The summed E-state index contributed by atoms with van der Waals surface area (Å²) < 4.78 is 0.700. The maximum Gasteiger partial charge on any atom is 0.191 e. The molecule has 6 heteroatoms. The highest BCUT2D eigenvalue weighted by Crippen LogP contribution is 2.37. The molecule has 92 valence electrons. The fraction of sp³-hybridized carbons (Fsp3) is 0.167. The lowest BCUT2D eigenvalue weighted by Crippen LogP contribution is -2.04. The maximum atomic E-state index is 12.1. The number of rotatable bonds is 0. The Hall–Kier alpha value is -0.940. The summed E-state index contributed by atoms with van der Waals surface area (Å²) in [4.78, 5) is 16.4. The average Bonchev–Trinajstić information content (AvgIpc) is 2.50. The van der Waals surface area contributed by atoms with Crippen LogP contribution in [0.3, 0.4) is 0 Å². The number of nitrogens with zero attached hydrogens (tertiary/aromatic N) is 1. The Labute approximate surface area is 116 Å². The highest BCUT2D eigenvalue weighted by Gasteiger charge is 2.19. The van der Waals surface area contributed by atoms with Crippen molar-refractivity contribution >= 4 is 51.5 Å². The number of hydrogen-bond donors (Lipinski definition) is 1. The lowest BCUT2D eigenvalue weighted by molar-refractivity contribution is 0.175. The van der Waals surface area contributed by atoms with Crippen molar-refractivity contribution in [3.63, 3.8) is 0 Å². The smallest absolute Gasteiger partial charge is 0.191 e. The van der Waals surface area contributed by atoms with E-state index in [0.717, 1.165) is 11.3 Å². The first-order valence-corrected chi connectivity index (χ1v) is 6.82. The molecule has 3 nitrogen and oxygen atoms in total. The highest BCUT2D eigenvalue weighted by atomic mass is 35.5. The van der Waals surface area contributed by atoms with Crippen LogP contribution in [-0.2, 0) is 0 Å². The molecule has 2 aromatic heterocycles. The summed E-state index contributed by atoms with van der Waals surface area (Å²) >= 11 is 13.1. The van der Waals surface area contributed by atoms with Gasteiger partial charge in [0.25, 0.3) is 0 Å². The topological polar surface area (TPSA) is 50.2 Å². The third-order valence-corrected chi connectivity index (χ3v) is 4.42. The first kappa shape index (κ1) is 12.1. The molecule has 0 spiro atoms. The van der Waals surface area contributed by atoms with E-state index in [9.17, 15) is 9.90 Å². The van der Waals surface area contributed by atoms with Gasteiger partial charge in [-0.15, -0.1) is 11.3 Å². The Kier molecular flexibility index (Phi) is 2.90. The summed E-state index contributed by atoms with van der Waals surface area (Å²) in [6.45, 7) is 0. The second-order valence-electron chi connectivity index (χ2n) is 3.99. The molecule has 0 fully saturated rings. The SMILES string of the molecule is O=c1cc2c(nc3c(Cl)sc(Cl)c13)C(O)CC=C2. The van der Waals surface area contributed by atoms with Crippen molar-refractivity contribution < 1.29 is 5.11 Å². The van der Waals surface area contributed by atoms with Gasteiger partial charge in [-0.2, -0.15) is 0 Å². The molecular formula is C12H7Cl2NO2S. The van der Waals surface area contributed by atoms with Crippen LogP contribution < -0.4 is 5.43 Å². The molecule has 0 aliphatic heterocycles. The van der Waals surface area contributed by atoms with Crippen LogP contribution in [0.4, 0.5) is 0 Å². The Bertz CT molecular complexity index is 739. The van der Waals surface area contributed by atoms with Gasteiger partial charge in [0.1, 0.15) is 20.3 Å². The fourth-order valence-electron chi connectivity index (χ4n) is 1.99. The molecule has 0 saturated heterocycles. The molecule has 1 N–H and O–H groups in total. The second-order valence-corrected chi connectivity index (χ2v) is 6.21. The number of halogens is 2. The Morgan fingerprint density at radius 2 is 2.17 bits per heavy atom. The van der Waals surface area contributed by atoms with Gasteiger partial charge in [0.2, 0.25) is 0 Å². The van der Waals surface area contributed by atoms with E-state index in [0.29, 0.717) is 37.3 Å². The first-order chi connectivity index (χ1) is 8.58. The van der Waals surface area contributed by atoms with Crippen molar-refractivity contribution in [1.29, 1.82) is 0 Å². The normalized spacial score (nSPS) is 18.1. The van der Waals surface area contributed by atoms with Gasteiger partial charge in [0.15, 0.2) is 5.43 Å². The largest absolute Gasteiger partial charge is 0.386 e. The summed E-state index contributed by atoms with van der Waals surface area (Å²) in [6.07, 6.45) is 3.36. The van der Waals surface area contributed by atoms with Crippen LogP contribution >= 0.6 is 34.5 Å². The van der Waals surface area contributed by atoms with Crippen LogP contribution in [0.2, 0.25) is 8.67 Å². The minimum absolute atomic E-state index is 0.231. The Balaban J connectivity index is 2.52. The molecule has 2 aromatic rings. The average molecular weight is 300 g/mol. The van der Waals surface area contributed by atoms with E-state index in [1.807, 2.05) is 6.08 Å². The molecule has 0 amide bonds. The zero-order valence-electron chi connectivity index (χ0n) is 8.98. The lowest BCUT2D eigenvalue weighted by Gasteiger charge is -2.12. The number of thiophene rings is 1. The zero-order valence-corrected chi connectivity index (χ0v) is 11.3. The predicted molar refractivity (Wildman–Crippen MR) is 74.5 cm³/mol. The quantitative estimate of drug-likeness (QED) is 0.811. The van der Waals surface area contributed by atoms with Gasteiger partial charge in [-0.1, -0.05) is 35.4 Å². The van der Waals surface area contributed by atoms with E-state index in [1.54, 1.807) is 6.08 Å². The molecule has 3 rings (SSSR count). The predicted octanol–water partition coefficient (Wildman–Crippen LogP) is 3.41. The molecule has 0 saturated carbocycles. The van der Waals surface area contributed by atoms with Crippen LogP contribution in [0.5, 0.6) is 0 Å². The summed E-state index contributed by atoms with van der Waals surface area (Å²) in [5, 5.41) is 10.3. The van der Waals surface area contributed by atoms with Gasteiger partial charge in [0.05, 0.1) is 11.1 Å². The minimum atomic E-state index is -0.713. The standard InChI is InChI=1S/C12H7Cl2NO2S/c13-11-8-7(17)4-5-2-1-3-6(16)9(5)15-10(8)12(14)18-11/h1-2,4,6,16H,3H2. The number of aliphatic hydroxyl groups excluding tert-OH is 1. The van der Waals surface area contributed by atoms with Gasteiger partial charge in [-0.3, -0.25) is 4.79 Å². The molecular weight excluding hydrogens is 293 g/mol. The number of hydrogen-bond acceptors (Lipinski definition) is 4. The summed E-state index contributed by atoms with van der Waals surface area (Å²) in [5.74, 6) is 0. The van der Waals surface area contributed by atoms with Gasteiger partial charge < -0.3 is 5.11 Å². The van der Waals surface area contributed by atoms with Gasteiger partial charge >= 0.3 is 0 Å². The van der Waals surface area contributed by atoms with E-state index in [2.05, 4.69) is 4.98 Å². The third kappa shape index (κ3) is 1.77. The van der Waals surface area contributed by atoms with Gasteiger partial charge in [-0.25, -0.2) is 4.98 Å². The van der Waals surface area contributed by atoms with Crippen molar-refractivity contribution in [3.05, 3.63) is 42.3 Å². The van der Waals surface area contributed by atoms with Gasteiger partial charge in [-0.05, 0) is 12.5 Å². The van der Waals surface area contributed by atoms with E-state index in [-0.39, 0.29) is 5.43 Å². The summed E-state index contributed by atoms with van der Waals surface area (Å²) in [6, 6.07) is 1.44. The van der Waals surface area contributed by atoms with Crippen LogP contribution in [0.1, 0.15) is 23.8 Å². The monoisotopic (exact) mass is 299 g/mol. The van der Waals surface area contributed by atoms with Crippen molar-refractivity contribution in [2.75, 3.05) is 0 Å². The van der Waals surface area contributed by atoms with Crippen LogP contribution in [0.25, 0.3) is 17.0 Å². The first-order valence-electron chi connectivity index (χ1n) is 5.25. The lowest BCUT2D eigenvalue weighted by atomic mass is 10.0. The Morgan fingerprint density at radius 3 is 2.94 bits per heavy atom. The fourth-order valence-corrected chi connectivity index (χ4v) is 3.59. The molecule has 1 unspecified atom stereocenters. The molecule has 18 heavy (non-hydrogen) atoms. The van der Waals surface area contributed by atoms with E-state index < -0.39 is 6.10 Å². The number of aromatic nitrogens is 1. The molecule has 0 radical (unpaired) electrons. The van der Waals surface area contributed by atoms with Crippen molar-refractivity contribution in [3.8, 4) is 0 Å². The third-order valence-electron chi connectivity index (χ3n) is 2.83. The second kappa shape index (κ2) is 4.31. The maximum absolute atomic E-state index is 12.1. The number of fused-ring (bicyclic) bond motifs is 2. The van der Waals surface area contributed by atoms with E-state index in [1.165, 1.54) is 6.07 Å². The van der Waals surface area contributed by atoms with Crippen molar-refractivity contribution in [2.24, 2.45) is 0 Å². The van der Waals surface area contributed by atoms with Crippen molar-refractivity contribution in [1.82, 2.24) is 4.98 Å². The summed E-state index contributed by atoms with van der Waals surface area (Å²) in [5.41, 5.74) is 1.23. The van der Waals surface area contributed by atoms with Crippen molar-refractivity contribution in [2.45, 2.75) is 12.5 Å². The van der Waals surface area contributed by atoms with E-state index >= 15 is 0 Å². The minimum Gasteiger partial charge on any atom is -0.386 e. The Morgan fingerprint density at radius 1 is 1.39 bits per heavy atom. The molecule has 0 aromatic carbocycles. The summed E-state index contributed by atoms with van der Waals surface area (Å²) in [7, 11) is 0. The molecule has 1 atom stereocenters. The molecule has 1 aliphatic carbocycles. The van der Waals surface area contributed by atoms with Crippen LogP contribution in [0, 0.1) is 0 Å². The molecule has 1 aliphatic rings.